The van der Waals surface area contributed by atoms with E-state index in [4.69, 9.17) is 0 Å². The van der Waals surface area contributed by atoms with Crippen molar-refractivity contribution in [3.63, 3.8) is 0 Å². The van der Waals surface area contributed by atoms with Crippen molar-refractivity contribution >= 4 is 27.3 Å². The highest BCUT2D eigenvalue weighted by Gasteiger charge is 2.15. The third-order valence-electron chi connectivity index (χ3n) is 3.19. The average Bonchev–Trinajstić information content (AvgIpc) is 2.92. The maximum atomic E-state index is 4.36. The maximum Gasteiger partial charge on any atom is 0.147 e. The van der Waals surface area contributed by atoms with E-state index in [9.17, 15) is 0 Å². The Morgan fingerprint density at radius 1 is 1.30 bits per heavy atom. The van der Waals surface area contributed by atoms with E-state index in [0.717, 1.165) is 39.4 Å². The van der Waals surface area contributed by atoms with Gasteiger partial charge in [-0.05, 0) is 44.0 Å². The Labute approximate surface area is 133 Å². The molecule has 3 nitrogen and oxygen atoms in total. The van der Waals surface area contributed by atoms with Gasteiger partial charge in [-0.2, -0.15) is 0 Å². The molecule has 5 heteroatoms. The van der Waals surface area contributed by atoms with Gasteiger partial charge in [-0.15, -0.1) is 10.2 Å². The lowest BCUT2D eigenvalue weighted by atomic mass is 10.1. The van der Waals surface area contributed by atoms with Crippen LogP contribution in [-0.2, 0) is 0 Å². The van der Waals surface area contributed by atoms with Crippen molar-refractivity contribution in [3.8, 4) is 10.6 Å². The molecule has 1 aromatic heterocycles. The fourth-order valence-corrected chi connectivity index (χ4v) is 3.24. The highest BCUT2D eigenvalue weighted by molar-refractivity contribution is 9.10. The number of aryl methyl sites for hydroxylation is 1. The Kier molecular flexibility index (Phi) is 5.69. The maximum absolute atomic E-state index is 4.36. The smallest absolute Gasteiger partial charge is 0.147 e. The number of nitrogens with zero attached hydrogens (tertiary/aromatic N) is 2. The van der Waals surface area contributed by atoms with Crippen molar-refractivity contribution in [2.45, 2.75) is 39.7 Å². The molecule has 1 unspecified atom stereocenters. The standard InChI is InChI=1S/C15H20BrN3S/c1-4-8-17-13(5-2)15-19-18-14(20-15)11-6-7-12(16)10(3)9-11/h6-7,9,13,17H,4-5,8H2,1-3H3. The summed E-state index contributed by atoms with van der Waals surface area (Å²) < 4.78 is 1.13. The van der Waals surface area contributed by atoms with Crippen molar-refractivity contribution in [2.75, 3.05) is 6.54 Å². The number of nitrogens with one attached hydrogen (secondary N) is 1. The highest BCUT2D eigenvalue weighted by atomic mass is 79.9. The molecule has 1 aromatic carbocycles. The van der Waals surface area contributed by atoms with Gasteiger partial charge < -0.3 is 5.32 Å². The van der Waals surface area contributed by atoms with Gasteiger partial charge in [-0.1, -0.05) is 47.2 Å². The summed E-state index contributed by atoms with van der Waals surface area (Å²) in [4.78, 5) is 0. The van der Waals surface area contributed by atoms with Crippen molar-refractivity contribution in [3.05, 3.63) is 33.2 Å². The number of rotatable bonds is 6. The van der Waals surface area contributed by atoms with Crippen LogP contribution in [0.5, 0.6) is 0 Å². The van der Waals surface area contributed by atoms with Crippen LogP contribution < -0.4 is 5.32 Å². The van der Waals surface area contributed by atoms with Gasteiger partial charge in [0.05, 0.1) is 6.04 Å². The van der Waals surface area contributed by atoms with Gasteiger partial charge in [-0.25, -0.2) is 0 Å². The lowest BCUT2D eigenvalue weighted by molar-refractivity contribution is 0.513. The van der Waals surface area contributed by atoms with Crippen LogP contribution in [0.15, 0.2) is 22.7 Å². The van der Waals surface area contributed by atoms with Gasteiger partial charge in [-0.3, -0.25) is 0 Å². The van der Waals surface area contributed by atoms with Gasteiger partial charge >= 0.3 is 0 Å². The molecule has 0 saturated heterocycles. The number of aromatic nitrogens is 2. The molecule has 0 fully saturated rings. The van der Waals surface area contributed by atoms with Crippen molar-refractivity contribution in [1.82, 2.24) is 15.5 Å². The Morgan fingerprint density at radius 2 is 2.10 bits per heavy atom. The second-order valence-electron chi connectivity index (χ2n) is 4.82. The summed E-state index contributed by atoms with van der Waals surface area (Å²) in [6.45, 7) is 7.46. The molecule has 0 aliphatic heterocycles. The third-order valence-corrected chi connectivity index (χ3v) is 5.17. The zero-order chi connectivity index (χ0) is 14.5. The van der Waals surface area contributed by atoms with E-state index in [0.29, 0.717) is 6.04 Å². The Hall–Kier alpha value is -0.780. The summed E-state index contributed by atoms with van der Waals surface area (Å²) in [5.74, 6) is 0. The number of hydrogen-bond acceptors (Lipinski definition) is 4. The van der Waals surface area contributed by atoms with Crippen molar-refractivity contribution < 1.29 is 0 Å². The van der Waals surface area contributed by atoms with Crippen LogP contribution in [0.1, 0.15) is 43.3 Å². The SMILES string of the molecule is CCCNC(CC)c1nnc(-c2ccc(Br)c(C)c2)s1. The molecular formula is C15H20BrN3S. The minimum Gasteiger partial charge on any atom is -0.308 e. The monoisotopic (exact) mass is 353 g/mol. The topological polar surface area (TPSA) is 37.8 Å². The highest BCUT2D eigenvalue weighted by Crippen LogP contribution is 2.30. The normalized spacial score (nSPS) is 12.6. The first kappa shape index (κ1) is 15.6. The van der Waals surface area contributed by atoms with E-state index in [1.165, 1.54) is 5.56 Å². The fraction of sp³-hybridized carbons (Fsp3) is 0.467. The molecule has 0 bridgehead atoms. The minimum absolute atomic E-state index is 0.317. The average molecular weight is 354 g/mol. The Balaban J connectivity index is 2.20. The zero-order valence-electron chi connectivity index (χ0n) is 12.1. The molecule has 0 amide bonds. The molecule has 0 radical (unpaired) electrons. The molecule has 1 atom stereocenters. The van der Waals surface area contributed by atoms with Crippen molar-refractivity contribution in [2.24, 2.45) is 0 Å². The van der Waals surface area contributed by atoms with Crippen molar-refractivity contribution in [1.29, 1.82) is 0 Å². The van der Waals surface area contributed by atoms with E-state index >= 15 is 0 Å². The van der Waals surface area contributed by atoms with Crippen LogP contribution in [0.4, 0.5) is 0 Å². The first-order valence-corrected chi connectivity index (χ1v) is 8.60. The fourth-order valence-electron chi connectivity index (χ4n) is 1.99. The van der Waals surface area contributed by atoms with Gasteiger partial charge in [0, 0.05) is 10.0 Å². The predicted molar refractivity (Wildman–Crippen MR) is 89.1 cm³/mol. The van der Waals surface area contributed by atoms with E-state index in [1.807, 2.05) is 0 Å². The number of benzene rings is 1. The summed E-state index contributed by atoms with van der Waals surface area (Å²) in [5, 5.41) is 14.3. The quantitative estimate of drug-likeness (QED) is 0.815. The lowest BCUT2D eigenvalue weighted by Crippen LogP contribution is -2.21. The van der Waals surface area contributed by atoms with Crippen LogP contribution in [-0.4, -0.2) is 16.7 Å². The van der Waals surface area contributed by atoms with E-state index in [1.54, 1.807) is 11.3 Å². The van der Waals surface area contributed by atoms with Crippen LogP contribution in [0.3, 0.4) is 0 Å². The Bertz CT molecular complexity index is 568. The third kappa shape index (κ3) is 3.65. The molecule has 1 heterocycles. The molecule has 108 valence electrons. The van der Waals surface area contributed by atoms with Gasteiger partial charge in [0.25, 0.3) is 0 Å². The van der Waals surface area contributed by atoms with E-state index < -0.39 is 0 Å². The van der Waals surface area contributed by atoms with Crippen LogP contribution in [0.25, 0.3) is 10.6 Å². The molecular weight excluding hydrogens is 334 g/mol. The summed E-state index contributed by atoms with van der Waals surface area (Å²) in [5.41, 5.74) is 2.36. The molecule has 0 aliphatic rings. The predicted octanol–water partition coefficient (Wildman–Crippen LogP) is 4.73. The lowest BCUT2D eigenvalue weighted by Gasteiger charge is -2.12. The molecule has 2 rings (SSSR count). The summed E-state index contributed by atoms with van der Waals surface area (Å²) in [6, 6.07) is 6.62. The number of hydrogen-bond donors (Lipinski definition) is 1. The summed E-state index contributed by atoms with van der Waals surface area (Å²) >= 11 is 5.21. The van der Waals surface area contributed by atoms with Gasteiger partial charge in [0.1, 0.15) is 10.0 Å². The molecule has 0 spiro atoms. The number of halogens is 1. The first-order valence-electron chi connectivity index (χ1n) is 6.99. The van der Waals surface area contributed by atoms with Gasteiger partial charge in [0.15, 0.2) is 0 Å². The van der Waals surface area contributed by atoms with Crippen LogP contribution in [0, 0.1) is 6.92 Å². The van der Waals surface area contributed by atoms with Gasteiger partial charge in [0.2, 0.25) is 0 Å². The largest absolute Gasteiger partial charge is 0.308 e. The molecule has 0 saturated carbocycles. The zero-order valence-corrected chi connectivity index (χ0v) is 14.5. The summed E-state index contributed by atoms with van der Waals surface area (Å²) in [7, 11) is 0. The Morgan fingerprint density at radius 3 is 2.75 bits per heavy atom. The molecule has 2 aromatic rings. The van der Waals surface area contributed by atoms with E-state index in [2.05, 4.69) is 70.4 Å². The summed E-state index contributed by atoms with van der Waals surface area (Å²) in [6.07, 6.45) is 2.17. The molecule has 20 heavy (non-hydrogen) atoms. The first-order chi connectivity index (χ1) is 9.65. The molecule has 1 N–H and O–H groups in total. The van der Waals surface area contributed by atoms with E-state index in [-0.39, 0.29) is 0 Å². The molecule has 0 aliphatic carbocycles. The van der Waals surface area contributed by atoms with Crippen LogP contribution >= 0.6 is 27.3 Å². The van der Waals surface area contributed by atoms with Crippen LogP contribution in [0.2, 0.25) is 0 Å². The minimum atomic E-state index is 0.317. The second kappa shape index (κ2) is 7.29. The second-order valence-corrected chi connectivity index (χ2v) is 6.69.